The summed E-state index contributed by atoms with van der Waals surface area (Å²) in [6, 6.07) is 0. The number of alkyl halides is 3. The van der Waals surface area contributed by atoms with Crippen molar-refractivity contribution in [3.63, 3.8) is 0 Å². The Morgan fingerprint density at radius 3 is 2.12 bits per heavy atom. The Morgan fingerprint density at radius 1 is 1.25 bits per heavy atom. The molecule has 0 spiro atoms. The van der Waals surface area contributed by atoms with E-state index in [-0.39, 0.29) is 26.0 Å². The van der Waals surface area contributed by atoms with E-state index in [4.69, 9.17) is 10.5 Å². The zero-order valence-corrected chi connectivity index (χ0v) is 9.56. The minimum atomic E-state index is -4.28. The first-order chi connectivity index (χ1) is 7.31. The number of hydrogen-bond acceptors (Lipinski definition) is 3. The van der Waals surface area contributed by atoms with Crippen molar-refractivity contribution in [2.75, 3.05) is 13.2 Å². The quantitative estimate of drug-likeness (QED) is 0.725. The van der Waals surface area contributed by atoms with Crippen molar-refractivity contribution < 1.29 is 22.7 Å². The van der Waals surface area contributed by atoms with E-state index in [0.717, 1.165) is 0 Å². The highest BCUT2D eigenvalue weighted by Crippen LogP contribution is 2.34. The van der Waals surface area contributed by atoms with Crippen LogP contribution >= 0.6 is 0 Å². The van der Waals surface area contributed by atoms with E-state index in [0.29, 0.717) is 0 Å². The molecule has 0 aliphatic carbocycles. The van der Waals surface area contributed by atoms with Gasteiger partial charge >= 0.3 is 12.1 Å². The standard InChI is InChI=1S/C10H18F3NO2/c1-3-9(7-14,8(15)16-4-2)5-6-10(11,12)13/h3-7,14H2,1-2H3. The number of ether oxygens (including phenoxy) is 1. The number of halogens is 3. The maximum atomic E-state index is 12.1. The molecule has 0 saturated carbocycles. The van der Waals surface area contributed by atoms with E-state index in [1.165, 1.54) is 0 Å². The topological polar surface area (TPSA) is 52.3 Å². The Labute approximate surface area is 93.1 Å². The Hall–Kier alpha value is -0.780. The first-order valence-electron chi connectivity index (χ1n) is 5.25. The van der Waals surface area contributed by atoms with Crippen LogP contribution in [-0.4, -0.2) is 25.3 Å². The fourth-order valence-corrected chi connectivity index (χ4v) is 1.42. The predicted molar refractivity (Wildman–Crippen MR) is 53.7 cm³/mol. The van der Waals surface area contributed by atoms with Gasteiger partial charge < -0.3 is 10.5 Å². The molecule has 6 heteroatoms. The highest BCUT2D eigenvalue weighted by Gasteiger charge is 2.40. The van der Waals surface area contributed by atoms with Gasteiger partial charge in [0.1, 0.15) is 0 Å². The molecule has 0 aromatic heterocycles. The van der Waals surface area contributed by atoms with E-state index in [1.54, 1.807) is 13.8 Å². The second-order valence-corrected chi connectivity index (χ2v) is 3.67. The lowest BCUT2D eigenvalue weighted by molar-refractivity contribution is -0.162. The molecule has 0 aliphatic heterocycles. The van der Waals surface area contributed by atoms with Gasteiger partial charge in [-0.15, -0.1) is 0 Å². The Morgan fingerprint density at radius 2 is 1.81 bits per heavy atom. The number of esters is 1. The summed E-state index contributed by atoms with van der Waals surface area (Å²) in [5.74, 6) is -0.635. The van der Waals surface area contributed by atoms with E-state index >= 15 is 0 Å². The number of nitrogens with two attached hydrogens (primary N) is 1. The predicted octanol–water partition coefficient (Wildman–Crippen LogP) is 2.25. The van der Waals surface area contributed by atoms with Crippen LogP contribution < -0.4 is 5.73 Å². The van der Waals surface area contributed by atoms with Crippen molar-refractivity contribution in [2.24, 2.45) is 11.1 Å². The summed E-state index contributed by atoms with van der Waals surface area (Å²) in [5, 5.41) is 0. The van der Waals surface area contributed by atoms with Gasteiger partial charge in [0.15, 0.2) is 0 Å². The molecule has 0 amide bonds. The molecule has 0 radical (unpaired) electrons. The van der Waals surface area contributed by atoms with Crippen LogP contribution in [0, 0.1) is 5.41 Å². The van der Waals surface area contributed by atoms with Gasteiger partial charge in [-0.1, -0.05) is 6.92 Å². The van der Waals surface area contributed by atoms with Crippen LogP contribution in [0.1, 0.15) is 33.1 Å². The van der Waals surface area contributed by atoms with Crippen molar-refractivity contribution >= 4 is 5.97 Å². The smallest absolute Gasteiger partial charge is 0.389 e. The molecule has 3 nitrogen and oxygen atoms in total. The molecule has 1 atom stereocenters. The van der Waals surface area contributed by atoms with Gasteiger partial charge in [0.25, 0.3) is 0 Å². The zero-order valence-electron chi connectivity index (χ0n) is 9.56. The fourth-order valence-electron chi connectivity index (χ4n) is 1.42. The molecule has 0 aromatic rings. The SMILES string of the molecule is CCOC(=O)C(CC)(CN)CCC(F)(F)F. The molecule has 2 N–H and O–H groups in total. The van der Waals surface area contributed by atoms with Gasteiger partial charge in [-0.3, -0.25) is 4.79 Å². The molecule has 0 aromatic carbocycles. The summed E-state index contributed by atoms with van der Waals surface area (Å²) in [7, 11) is 0. The molecular formula is C10H18F3NO2. The normalized spacial score (nSPS) is 15.6. The summed E-state index contributed by atoms with van der Waals surface area (Å²) in [6.07, 6.45) is -5.36. The lowest BCUT2D eigenvalue weighted by atomic mass is 9.80. The first kappa shape index (κ1) is 15.2. The molecule has 0 rings (SSSR count). The zero-order chi connectivity index (χ0) is 12.8. The number of carbonyl (C=O) groups excluding carboxylic acids is 1. The lowest BCUT2D eigenvalue weighted by Crippen LogP contribution is -2.40. The molecule has 16 heavy (non-hydrogen) atoms. The Kier molecular flexibility index (Phi) is 5.78. The van der Waals surface area contributed by atoms with Crippen LogP contribution in [0.4, 0.5) is 13.2 Å². The van der Waals surface area contributed by atoms with Gasteiger partial charge in [-0.05, 0) is 19.8 Å². The van der Waals surface area contributed by atoms with E-state index in [2.05, 4.69) is 0 Å². The van der Waals surface area contributed by atoms with Crippen LogP contribution in [-0.2, 0) is 9.53 Å². The third kappa shape index (κ3) is 4.38. The summed E-state index contributed by atoms with van der Waals surface area (Å²) < 4.78 is 41.1. The molecule has 0 heterocycles. The van der Waals surface area contributed by atoms with Crippen LogP contribution in [0.3, 0.4) is 0 Å². The van der Waals surface area contributed by atoms with Gasteiger partial charge in [-0.2, -0.15) is 13.2 Å². The van der Waals surface area contributed by atoms with Gasteiger partial charge in [0, 0.05) is 13.0 Å². The van der Waals surface area contributed by atoms with Crippen molar-refractivity contribution in [2.45, 2.75) is 39.3 Å². The highest BCUT2D eigenvalue weighted by atomic mass is 19.4. The molecule has 0 fully saturated rings. The highest BCUT2D eigenvalue weighted by molar-refractivity contribution is 5.77. The molecule has 0 saturated heterocycles. The van der Waals surface area contributed by atoms with Gasteiger partial charge in [0.2, 0.25) is 0 Å². The number of carbonyl (C=O) groups is 1. The van der Waals surface area contributed by atoms with Crippen LogP contribution in [0.2, 0.25) is 0 Å². The van der Waals surface area contributed by atoms with Crippen molar-refractivity contribution in [1.29, 1.82) is 0 Å². The van der Waals surface area contributed by atoms with Crippen molar-refractivity contribution in [3.05, 3.63) is 0 Å². The Balaban J connectivity index is 4.62. The first-order valence-corrected chi connectivity index (χ1v) is 5.25. The molecule has 1 unspecified atom stereocenters. The lowest BCUT2D eigenvalue weighted by Gasteiger charge is -2.29. The summed E-state index contributed by atoms with van der Waals surface area (Å²) in [5.41, 5.74) is 4.21. The molecule has 0 bridgehead atoms. The summed E-state index contributed by atoms with van der Waals surface area (Å²) >= 11 is 0. The fraction of sp³-hybridized carbons (Fsp3) is 0.900. The van der Waals surface area contributed by atoms with Crippen molar-refractivity contribution in [1.82, 2.24) is 0 Å². The minimum absolute atomic E-state index is 0.127. The molecule has 96 valence electrons. The molecular weight excluding hydrogens is 223 g/mol. The summed E-state index contributed by atoms with van der Waals surface area (Å²) in [6.45, 7) is 3.27. The largest absolute Gasteiger partial charge is 0.466 e. The van der Waals surface area contributed by atoms with E-state index in [1.807, 2.05) is 0 Å². The third-order valence-corrected chi connectivity index (χ3v) is 2.66. The second kappa shape index (κ2) is 6.08. The maximum Gasteiger partial charge on any atom is 0.389 e. The number of hydrogen-bond donors (Lipinski definition) is 1. The average molecular weight is 241 g/mol. The minimum Gasteiger partial charge on any atom is -0.466 e. The third-order valence-electron chi connectivity index (χ3n) is 2.66. The second-order valence-electron chi connectivity index (χ2n) is 3.67. The van der Waals surface area contributed by atoms with Crippen LogP contribution in [0.15, 0.2) is 0 Å². The van der Waals surface area contributed by atoms with Crippen molar-refractivity contribution in [3.8, 4) is 0 Å². The summed E-state index contributed by atoms with van der Waals surface area (Å²) in [4.78, 5) is 11.6. The monoisotopic (exact) mass is 241 g/mol. The molecule has 0 aliphatic rings. The maximum absolute atomic E-state index is 12.1. The van der Waals surface area contributed by atoms with Gasteiger partial charge in [-0.25, -0.2) is 0 Å². The van der Waals surface area contributed by atoms with Gasteiger partial charge in [0.05, 0.1) is 12.0 Å². The number of rotatable bonds is 6. The van der Waals surface area contributed by atoms with Crippen LogP contribution in [0.5, 0.6) is 0 Å². The van der Waals surface area contributed by atoms with E-state index < -0.39 is 24.0 Å². The van der Waals surface area contributed by atoms with E-state index in [9.17, 15) is 18.0 Å². The van der Waals surface area contributed by atoms with Crippen LogP contribution in [0.25, 0.3) is 0 Å². The Bertz CT molecular complexity index is 225. The average Bonchev–Trinajstić information content (AvgIpc) is 2.19.